The van der Waals surface area contributed by atoms with Crippen LogP contribution in [0.5, 0.6) is 0 Å². The van der Waals surface area contributed by atoms with E-state index < -0.39 is 0 Å². The molecule has 2 heterocycles. The second-order valence-corrected chi connectivity index (χ2v) is 9.75. The van der Waals surface area contributed by atoms with Gasteiger partial charge in [0.1, 0.15) is 0 Å². The molecule has 2 atom stereocenters. The molecular weight excluding hydrogens is 406 g/mol. The van der Waals surface area contributed by atoms with Crippen molar-refractivity contribution in [2.24, 2.45) is 11.8 Å². The molecular formula is C21H25N3O3S2. The molecule has 3 amide bonds. The Morgan fingerprint density at radius 3 is 2.45 bits per heavy atom. The molecule has 1 aromatic carbocycles. The summed E-state index contributed by atoms with van der Waals surface area (Å²) in [7, 11) is 0. The predicted octanol–water partition coefficient (Wildman–Crippen LogP) is 3.94. The molecule has 0 unspecified atom stereocenters. The zero-order chi connectivity index (χ0) is 20.5. The molecule has 0 bridgehead atoms. The number of hydrogen-bond acceptors (Lipinski definition) is 6. The van der Waals surface area contributed by atoms with Crippen molar-refractivity contribution in [3.8, 4) is 0 Å². The number of thioether (sulfide) groups is 1. The fourth-order valence-electron chi connectivity index (χ4n) is 4.30. The minimum Gasteiger partial charge on any atom is -0.343 e. The summed E-state index contributed by atoms with van der Waals surface area (Å²) in [6, 6.07) is 5.56. The first kappa shape index (κ1) is 20.3. The van der Waals surface area contributed by atoms with E-state index in [1.165, 1.54) is 28.0 Å². The van der Waals surface area contributed by atoms with E-state index in [2.05, 4.69) is 4.98 Å². The Labute approximate surface area is 178 Å². The number of nitrogens with zero attached hydrogens (tertiary/aromatic N) is 3. The Kier molecular flexibility index (Phi) is 5.92. The highest BCUT2D eigenvalue weighted by Crippen LogP contribution is 2.41. The van der Waals surface area contributed by atoms with Crippen LogP contribution in [-0.2, 0) is 14.4 Å². The van der Waals surface area contributed by atoms with E-state index in [0.717, 1.165) is 40.2 Å². The van der Waals surface area contributed by atoms with Crippen LogP contribution in [0.2, 0.25) is 0 Å². The minimum absolute atomic E-state index is 0.0528. The van der Waals surface area contributed by atoms with Gasteiger partial charge in [0.05, 0.1) is 33.5 Å². The summed E-state index contributed by atoms with van der Waals surface area (Å²) in [4.78, 5) is 45.7. The van der Waals surface area contributed by atoms with Gasteiger partial charge in [-0.15, -0.1) is 11.3 Å². The largest absolute Gasteiger partial charge is 0.343 e. The SMILES string of the molecule is CCN(CC)C(=O)CSc1nc2ccc(N3C(=O)[C@@H]4CCCC[C@H]4C3=O)cc2s1. The number of hydrogen-bond donors (Lipinski definition) is 0. The topological polar surface area (TPSA) is 70.6 Å². The number of anilines is 1. The number of carbonyl (C=O) groups excluding carboxylic acids is 3. The molecule has 0 spiro atoms. The van der Waals surface area contributed by atoms with Gasteiger partial charge in [-0.2, -0.15) is 0 Å². The molecule has 1 aliphatic carbocycles. The average Bonchev–Trinajstić information content (AvgIpc) is 3.25. The molecule has 2 aromatic rings. The van der Waals surface area contributed by atoms with Gasteiger partial charge in [0.25, 0.3) is 0 Å². The number of amides is 3. The molecule has 1 aliphatic heterocycles. The molecule has 1 saturated heterocycles. The van der Waals surface area contributed by atoms with Crippen molar-refractivity contribution >= 4 is 56.7 Å². The number of fused-ring (bicyclic) bond motifs is 2. The van der Waals surface area contributed by atoms with Crippen molar-refractivity contribution in [1.82, 2.24) is 9.88 Å². The number of imide groups is 1. The molecule has 4 rings (SSSR count). The van der Waals surface area contributed by atoms with Gasteiger partial charge in [0, 0.05) is 13.1 Å². The fraction of sp³-hybridized carbons (Fsp3) is 0.524. The lowest BCUT2D eigenvalue weighted by molar-refractivity contribution is -0.128. The Morgan fingerprint density at radius 2 is 1.83 bits per heavy atom. The standard InChI is InChI=1S/C21H25N3O3S2/c1-3-23(4-2)18(25)12-28-21-22-16-10-9-13(11-17(16)29-21)24-19(26)14-7-5-6-8-15(14)20(24)27/h9-11,14-15H,3-8,12H2,1-2H3/t14-,15-/m1/s1. The van der Waals surface area contributed by atoms with Crippen LogP contribution in [0.25, 0.3) is 10.2 Å². The summed E-state index contributed by atoms with van der Waals surface area (Å²) in [5.41, 5.74) is 1.47. The maximum Gasteiger partial charge on any atom is 0.237 e. The first-order valence-electron chi connectivity index (χ1n) is 10.2. The Morgan fingerprint density at radius 1 is 1.17 bits per heavy atom. The maximum absolute atomic E-state index is 12.8. The third kappa shape index (κ3) is 3.80. The Bertz CT molecular complexity index is 930. The van der Waals surface area contributed by atoms with E-state index in [9.17, 15) is 14.4 Å². The average molecular weight is 432 g/mol. The maximum atomic E-state index is 12.8. The van der Waals surface area contributed by atoms with Crippen LogP contribution in [-0.4, -0.2) is 46.4 Å². The number of carbonyl (C=O) groups is 3. The van der Waals surface area contributed by atoms with Gasteiger partial charge >= 0.3 is 0 Å². The van der Waals surface area contributed by atoms with Crippen LogP contribution in [0.3, 0.4) is 0 Å². The highest BCUT2D eigenvalue weighted by atomic mass is 32.2. The van der Waals surface area contributed by atoms with Crippen molar-refractivity contribution in [3.63, 3.8) is 0 Å². The van der Waals surface area contributed by atoms with Gasteiger partial charge in [-0.05, 0) is 44.9 Å². The van der Waals surface area contributed by atoms with Crippen molar-refractivity contribution in [3.05, 3.63) is 18.2 Å². The lowest BCUT2D eigenvalue weighted by atomic mass is 9.81. The molecule has 2 fully saturated rings. The van der Waals surface area contributed by atoms with Gasteiger partial charge < -0.3 is 4.90 Å². The van der Waals surface area contributed by atoms with Gasteiger partial charge in [0.2, 0.25) is 17.7 Å². The second kappa shape index (κ2) is 8.44. The molecule has 1 aromatic heterocycles. The summed E-state index contributed by atoms with van der Waals surface area (Å²) in [6.07, 6.45) is 3.68. The van der Waals surface area contributed by atoms with Crippen molar-refractivity contribution in [2.45, 2.75) is 43.9 Å². The van der Waals surface area contributed by atoms with Crippen LogP contribution >= 0.6 is 23.1 Å². The van der Waals surface area contributed by atoms with Crippen molar-refractivity contribution < 1.29 is 14.4 Å². The number of thiazole rings is 1. The summed E-state index contributed by atoms with van der Waals surface area (Å²) in [5.74, 6) is 0.0684. The fourth-order valence-corrected chi connectivity index (χ4v) is 6.31. The third-order valence-corrected chi connectivity index (χ3v) is 8.03. The summed E-state index contributed by atoms with van der Waals surface area (Å²) in [5, 5.41) is 0. The smallest absolute Gasteiger partial charge is 0.237 e. The van der Waals surface area contributed by atoms with E-state index in [-0.39, 0.29) is 29.6 Å². The monoisotopic (exact) mass is 431 g/mol. The summed E-state index contributed by atoms with van der Waals surface area (Å²) in [6.45, 7) is 5.36. The quantitative estimate of drug-likeness (QED) is 0.512. The van der Waals surface area contributed by atoms with E-state index in [4.69, 9.17) is 0 Å². The van der Waals surface area contributed by atoms with Gasteiger partial charge in [-0.3, -0.25) is 19.3 Å². The van der Waals surface area contributed by atoms with Crippen LogP contribution in [0.15, 0.2) is 22.5 Å². The normalized spacial score (nSPS) is 21.7. The molecule has 2 aliphatic rings. The zero-order valence-corrected chi connectivity index (χ0v) is 18.4. The predicted molar refractivity (Wildman–Crippen MR) is 116 cm³/mol. The summed E-state index contributed by atoms with van der Waals surface area (Å²) >= 11 is 2.94. The molecule has 29 heavy (non-hydrogen) atoms. The third-order valence-electron chi connectivity index (χ3n) is 5.89. The highest BCUT2D eigenvalue weighted by molar-refractivity contribution is 8.01. The van der Waals surface area contributed by atoms with Gasteiger partial charge in [-0.25, -0.2) is 4.98 Å². The Hall–Kier alpha value is -1.93. The molecule has 154 valence electrons. The van der Waals surface area contributed by atoms with Crippen LogP contribution in [0.1, 0.15) is 39.5 Å². The van der Waals surface area contributed by atoms with E-state index in [0.29, 0.717) is 24.5 Å². The number of benzene rings is 1. The minimum atomic E-state index is -0.148. The zero-order valence-electron chi connectivity index (χ0n) is 16.7. The van der Waals surface area contributed by atoms with Crippen LogP contribution in [0.4, 0.5) is 5.69 Å². The second-order valence-electron chi connectivity index (χ2n) is 7.50. The van der Waals surface area contributed by atoms with E-state index in [1.54, 1.807) is 0 Å². The molecule has 6 nitrogen and oxygen atoms in total. The summed E-state index contributed by atoms with van der Waals surface area (Å²) < 4.78 is 1.75. The lowest BCUT2D eigenvalue weighted by Gasteiger charge is -2.19. The van der Waals surface area contributed by atoms with Gasteiger partial charge in [0.15, 0.2) is 4.34 Å². The number of aromatic nitrogens is 1. The first-order chi connectivity index (χ1) is 14.0. The number of rotatable bonds is 6. The van der Waals surface area contributed by atoms with Crippen LogP contribution in [0, 0.1) is 11.8 Å². The van der Waals surface area contributed by atoms with Crippen molar-refractivity contribution in [1.29, 1.82) is 0 Å². The molecule has 0 N–H and O–H groups in total. The molecule has 8 heteroatoms. The van der Waals surface area contributed by atoms with Gasteiger partial charge in [-0.1, -0.05) is 24.6 Å². The lowest BCUT2D eigenvalue weighted by Crippen LogP contribution is -2.31. The van der Waals surface area contributed by atoms with E-state index >= 15 is 0 Å². The first-order valence-corrected chi connectivity index (χ1v) is 12.0. The van der Waals surface area contributed by atoms with E-state index in [1.807, 2.05) is 36.9 Å². The Balaban J connectivity index is 1.52. The highest BCUT2D eigenvalue weighted by Gasteiger charge is 2.48. The van der Waals surface area contributed by atoms with Crippen LogP contribution < -0.4 is 4.90 Å². The molecule has 0 radical (unpaired) electrons. The van der Waals surface area contributed by atoms with Crippen molar-refractivity contribution in [2.75, 3.05) is 23.7 Å². The molecule has 1 saturated carbocycles.